The summed E-state index contributed by atoms with van der Waals surface area (Å²) < 4.78 is 9.22. The summed E-state index contributed by atoms with van der Waals surface area (Å²) in [5.74, 6) is 1.83. The lowest BCUT2D eigenvalue weighted by Gasteiger charge is -2.13. The van der Waals surface area contributed by atoms with Gasteiger partial charge in [0.25, 0.3) is 0 Å². The fourth-order valence-electron chi connectivity index (χ4n) is 2.94. The summed E-state index contributed by atoms with van der Waals surface area (Å²) in [4.78, 5) is 4.71. The monoisotopic (exact) mass is 390 g/mol. The molecule has 0 aliphatic heterocycles. The lowest BCUT2D eigenvalue weighted by Crippen LogP contribution is -2.40. The van der Waals surface area contributed by atoms with Crippen LogP contribution >= 0.6 is 0 Å². The molecule has 0 bridgehead atoms. The van der Waals surface area contributed by atoms with Crippen molar-refractivity contribution in [3.05, 3.63) is 29.6 Å². The molecule has 0 radical (unpaired) electrons. The zero-order chi connectivity index (χ0) is 20.2. The maximum absolute atomic E-state index is 5.11. The van der Waals surface area contributed by atoms with Crippen molar-refractivity contribution in [2.24, 2.45) is 4.99 Å². The van der Waals surface area contributed by atoms with E-state index in [-0.39, 0.29) is 0 Å². The number of hydrogen-bond acceptors (Lipinski definition) is 5. The minimum atomic E-state index is 0.735. The van der Waals surface area contributed by atoms with Crippen LogP contribution in [-0.4, -0.2) is 63.9 Å². The first-order valence-electron chi connectivity index (χ1n) is 10.0. The molecule has 156 valence electrons. The average Bonchev–Trinajstić information content (AvgIpc) is 3.26. The fourth-order valence-corrected chi connectivity index (χ4v) is 2.94. The first-order valence-corrected chi connectivity index (χ1v) is 10.0. The predicted molar refractivity (Wildman–Crippen MR) is 111 cm³/mol. The van der Waals surface area contributed by atoms with Gasteiger partial charge in [-0.05, 0) is 32.8 Å². The van der Waals surface area contributed by atoms with E-state index >= 15 is 0 Å². The number of aromatic nitrogens is 5. The molecule has 0 atom stereocenters. The molecule has 9 nitrogen and oxygen atoms in total. The second-order valence-corrected chi connectivity index (χ2v) is 6.73. The standard InChI is InChI=1S/C19H34N8O/c1-5-18-24-23-15-26(18)12-10-22-19(21-9-7-13-28-4)20-8-6-11-27-17(3)14-16(2)25-27/h14-15H,5-13H2,1-4H3,(H2,20,21,22). The van der Waals surface area contributed by atoms with Gasteiger partial charge in [0, 0.05) is 58.6 Å². The molecule has 0 aliphatic rings. The van der Waals surface area contributed by atoms with Gasteiger partial charge in [0.15, 0.2) is 5.96 Å². The predicted octanol–water partition coefficient (Wildman–Crippen LogP) is 1.32. The third kappa shape index (κ3) is 7.30. The highest BCUT2D eigenvalue weighted by atomic mass is 16.5. The molecule has 2 aromatic rings. The van der Waals surface area contributed by atoms with Gasteiger partial charge in [0.05, 0.1) is 5.69 Å². The topological polar surface area (TPSA) is 94.2 Å². The summed E-state index contributed by atoms with van der Waals surface area (Å²) in [6, 6.07) is 2.10. The van der Waals surface area contributed by atoms with E-state index in [4.69, 9.17) is 9.73 Å². The molecule has 28 heavy (non-hydrogen) atoms. The minimum Gasteiger partial charge on any atom is -0.385 e. The number of guanidine groups is 1. The first kappa shape index (κ1) is 21.9. The van der Waals surface area contributed by atoms with E-state index in [0.717, 1.165) is 76.1 Å². The quantitative estimate of drug-likeness (QED) is 0.322. The van der Waals surface area contributed by atoms with E-state index in [1.807, 2.05) is 11.6 Å². The van der Waals surface area contributed by atoms with E-state index in [9.17, 15) is 0 Å². The molecule has 0 saturated heterocycles. The molecular weight excluding hydrogens is 356 g/mol. The van der Waals surface area contributed by atoms with Gasteiger partial charge >= 0.3 is 0 Å². The maximum Gasteiger partial charge on any atom is 0.191 e. The van der Waals surface area contributed by atoms with Crippen molar-refractivity contribution in [3.8, 4) is 0 Å². The molecule has 0 aliphatic carbocycles. The molecule has 0 fully saturated rings. The molecule has 2 rings (SSSR count). The summed E-state index contributed by atoms with van der Waals surface area (Å²) in [6.45, 7) is 10.9. The van der Waals surface area contributed by atoms with E-state index in [1.54, 1.807) is 13.4 Å². The number of aryl methyl sites for hydroxylation is 4. The van der Waals surface area contributed by atoms with Crippen LogP contribution in [-0.2, 0) is 24.2 Å². The molecule has 2 aromatic heterocycles. The van der Waals surface area contributed by atoms with Crippen LogP contribution in [0.5, 0.6) is 0 Å². The van der Waals surface area contributed by atoms with Gasteiger partial charge in [-0.3, -0.25) is 9.67 Å². The number of methoxy groups -OCH3 is 1. The molecule has 2 heterocycles. The van der Waals surface area contributed by atoms with Gasteiger partial charge in [0.2, 0.25) is 0 Å². The summed E-state index contributed by atoms with van der Waals surface area (Å²) >= 11 is 0. The lowest BCUT2D eigenvalue weighted by atomic mass is 10.4. The number of nitrogens with one attached hydrogen (secondary N) is 2. The van der Waals surface area contributed by atoms with Crippen LogP contribution in [0, 0.1) is 13.8 Å². The Labute approximate surface area is 167 Å². The molecule has 0 amide bonds. The Hall–Kier alpha value is -2.42. The number of aliphatic imine (C=N–C) groups is 1. The Balaban J connectivity index is 1.80. The van der Waals surface area contributed by atoms with Gasteiger partial charge in [-0.25, -0.2) is 0 Å². The van der Waals surface area contributed by atoms with Gasteiger partial charge in [-0.15, -0.1) is 10.2 Å². The van der Waals surface area contributed by atoms with Crippen LogP contribution in [0.25, 0.3) is 0 Å². The number of hydrogen-bond donors (Lipinski definition) is 2. The van der Waals surface area contributed by atoms with Crippen LogP contribution in [0.1, 0.15) is 37.0 Å². The van der Waals surface area contributed by atoms with Crippen LogP contribution in [0.15, 0.2) is 17.4 Å². The van der Waals surface area contributed by atoms with Gasteiger partial charge < -0.3 is 19.9 Å². The molecule has 9 heteroatoms. The third-order valence-corrected chi connectivity index (χ3v) is 4.38. The smallest absolute Gasteiger partial charge is 0.191 e. The second-order valence-electron chi connectivity index (χ2n) is 6.73. The molecule has 2 N–H and O–H groups in total. The van der Waals surface area contributed by atoms with Crippen LogP contribution in [0.3, 0.4) is 0 Å². The number of nitrogens with zero attached hydrogens (tertiary/aromatic N) is 6. The lowest BCUT2D eigenvalue weighted by molar-refractivity contribution is 0.195. The molecule has 0 aromatic carbocycles. The van der Waals surface area contributed by atoms with Crippen molar-refractivity contribution in [2.75, 3.05) is 33.4 Å². The van der Waals surface area contributed by atoms with E-state index < -0.39 is 0 Å². The highest BCUT2D eigenvalue weighted by Gasteiger charge is 2.03. The highest BCUT2D eigenvalue weighted by molar-refractivity contribution is 5.79. The molecule has 0 saturated carbocycles. The van der Waals surface area contributed by atoms with Crippen molar-refractivity contribution in [1.82, 2.24) is 35.2 Å². The van der Waals surface area contributed by atoms with Gasteiger partial charge in [-0.1, -0.05) is 6.92 Å². The summed E-state index contributed by atoms with van der Waals surface area (Å²) in [7, 11) is 1.72. The van der Waals surface area contributed by atoms with Gasteiger partial charge in [0.1, 0.15) is 12.2 Å². The number of rotatable bonds is 12. The van der Waals surface area contributed by atoms with E-state index in [2.05, 4.69) is 50.4 Å². The Morgan fingerprint density at radius 1 is 1.18 bits per heavy atom. The van der Waals surface area contributed by atoms with E-state index in [0.29, 0.717) is 0 Å². The minimum absolute atomic E-state index is 0.735. The van der Waals surface area contributed by atoms with Crippen molar-refractivity contribution >= 4 is 5.96 Å². The van der Waals surface area contributed by atoms with E-state index in [1.165, 1.54) is 5.69 Å². The molecular formula is C19H34N8O. The summed E-state index contributed by atoms with van der Waals surface area (Å²) in [5, 5.41) is 19.4. The van der Waals surface area contributed by atoms with Gasteiger partial charge in [-0.2, -0.15) is 5.10 Å². The first-order chi connectivity index (χ1) is 13.6. The Kier molecular flexibility index (Phi) is 9.47. The number of ether oxygens (including phenoxy) is 1. The zero-order valence-corrected chi connectivity index (χ0v) is 17.6. The highest BCUT2D eigenvalue weighted by Crippen LogP contribution is 2.02. The summed E-state index contributed by atoms with van der Waals surface area (Å²) in [5.41, 5.74) is 2.25. The maximum atomic E-state index is 5.11. The Morgan fingerprint density at radius 3 is 2.71 bits per heavy atom. The van der Waals surface area contributed by atoms with Crippen molar-refractivity contribution in [2.45, 2.75) is 53.1 Å². The Bertz CT molecular complexity index is 721. The largest absolute Gasteiger partial charge is 0.385 e. The van der Waals surface area contributed by atoms with Crippen molar-refractivity contribution < 1.29 is 4.74 Å². The van der Waals surface area contributed by atoms with Crippen molar-refractivity contribution in [3.63, 3.8) is 0 Å². The average molecular weight is 391 g/mol. The Morgan fingerprint density at radius 2 is 2.00 bits per heavy atom. The zero-order valence-electron chi connectivity index (χ0n) is 17.6. The van der Waals surface area contributed by atoms with Crippen molar-refractivity contribution in [1.29, 1.82) is 0 Å². The third-order valence-electron chi connectivity index (χ3n) is 4.38. The molecule has 0 unspecified atom stereocenters. The SMILES string of the molecule is CCc1nncn1CCNC(=NCCCn1nc(C)cc1C)NCCCOC. The van der Waals surface area contributed by atoms with Crippen LogP contribution < -0.4 is 10.6 Å². The second kappa shape index (κ2) is 12.1. The van der Waals surface area contributed by atoms with Crippen LogP contribution in [0.2, 0.25) is 0 Å². The van der Waals surface area contributed by atoms with Crippen LogP contribution in [0.4, 0.5) is 0 Å². The molecule has 0 spiro atoms. The fraction of sp³-hybridized carbons (Fsp3) is 0.684. The normalized spacial score (nSPS) is 11.8. The summed E-state index contributed by atoms with van der Waals surface area (Å²) in [6.07, 6.45) is 4.53.